The molecule has 0 aromatic heterocycles. The molecular weight excluding hydrogens is 342 g/mol. The van der Waals surface area contributed by atoms with Gasteiger partial charge < -0.3 is 20.7 Å². The van der Waals surface area contributed by atoms with Gasteiger partial charge in [0, 0.05) is 13.1 Å². The summed E-state index contributed by atoms with van der Waals surface area (Å²) in [5.41, 5.74) is 1.61. The van der Waals surface area contributed by atoms with Gasteiger partial charge >= 0.3 is 5.97 Å². The lowest BCUT2D eigenvalue weighted by atomic mass is 9.87. The van der Waals surface area contributed by atoms with Gasteiger partial charge in [0.2, 0.25) is 0 Å². The average Bonchev–Trinajstić information content (AvgIpc) is 2.73. The SMILES string of the molecule is CNC(NC(Cc1ccc(C(=O)OC)cc1)C1CCCNC1)=C(C#N)C#N. The molecule has 0 radical (unpaired) electrons. The van der Waals surface area contributed by atoms with Crippen LogP contribution in [0, 0.1) is 28.6 Å². The van der Waals surface area contributed by atoms with Crippen molar-refractivity contribution in [2.24, 2.45) is 5.92 Å². The number of benzene rings is 1. The number of carbonyl (C=O) groups is 1. The molecule has 0 amide bonds. The van der Waals surface area contributed by atoms with Crippen LogP contribution in [0.1, 0.15) is 28.8 Å². The second-order valence-electron chi connectivity index (χ2n) is 6.47. The molecule has 0 spiro atoms. The van der Waals surface area contributed by atoms with Crippen LogP contribution in [-0.4, -0.2) is 39.3 Å². The Hall–Kier alpha value is -3.03. The van der Waals surface area contributed by atoms with E-state index in [0.29, 0.717) is 23.7 Å². The molecule has 1 heterocycles. The Kier molecular flexibility index (Phi) is 7.66. The fraction of sp³-hybridized carbons (Fsp3) is 0.450. The van der Waals surface area contributed by atoms with Crippen molar-refractivity contribution in [3.8, 4) is 12.1 Å². The van der Waals surface area contributed by atoms with Crippen LogP contribution in [0.5, 0.6) is 0 Å². The largest absolute Gasteiger partial charge is 0.465 e. The number of piperidine rings is 1. The number of rotatable bonds is 7. The Morgan fingerprint density at radius 1 is 1.33 bits per heavy atom. The molecule has 1 aromatic carbocycles. The molecule has 0 aliphatic carbocycles. The van der Waals surface area contributed by atoms with E-state index in [1.54, 1.807) is 19.2 Å². The first-order valence-corrected chi connectivity index (χ1v) is 8.99. The van der Waals surface area contributed by atoms with Crippen molar-refractivity contribution in [2.75, 3.05) is 27.2 Å². The van der Waals surface area contributed by atoms with Crippen LogP contribution >= 0.6 is 0 Å². The molecular formula is C20H25N5O2. The fourth-order valence-corrected chi connectivity index (χ4v) is 3.30. The van der Waals surface area contributed by atoms with Gasteiger partial charge in [0.05, 0.1) is 12.7 Å². The van der Waals surface area contributed by atoms with Crippen LogP contribution < -0.4 is 16.0 Å². The Morgan fingerprint density at radius 3 is 2.56 bits per heavy atom. The van der Waals surface area contributed by atoms with Gasteiger partial charge in [-0.1, -0.05) is 12.1 Å². The minimum Gasteiger partial charge on any atom is -0.465 e. The topological polar surface area (TPSA) is 110 Å². The van der Waals surface area contributed by atoms with Crippen molar-refractivity contribution < 1.29 is 9.53 Å². The lowest BCUT2D eigenvalue weighted by Crippen LogP contribution is -2.46. The fourth-order valence-electron chi connectivity index (χ4n) is 3.30. The molecule has 2 rings (SSSR count). The molecule has 2 atom stereocenters. The molecule has 0 saturated carbocycles. The number of ether oxygens (including phenoxy) is 1. The first-order valence-electron chi connectivity index (χ1n) is 8.99. The monoisotopic (exact) mass is 367 g/mol. The highest BCUT2D eigenvalue weighted by atomic mass is 16.5. The summed E-state index contributed by atoms with van der Waals surface area (Å²) in [6.07, 6.45) is 2.87. The molecule has 142 valence electrons. The van der Waals surface area contributed by atoms with Gasteiger partial charge in [0.15, 0.2) is 5.57 Å². The van der Waals surface area contributed by atoms with Crippen molar-refractivity contribution in [3.05, 3.63) is 46.8 Å². The molecule has 1 fully saturated rings. The lowest BCUT2D eigenvalue weighted by molar-refractivity contribution is 0.0600. The van der Waals surface area contributed by atoms with Crippen molar-refractivity contribution >= 4 is 5.97 Å². The highest BCUT2D eigenvalue weighted by Gasteiger charge is 2.25. The zero-order valence-electron chi connectivity index (χ0n) is 15.7. The molecule has 1 aliphatic rings. The lowest BCUT2D eigenvalue weighted by Gasteiger charge is -2.33. The molecule has 1 saturated heterocycles. The number of esters is 1. The van der Waals surface area contributed by atoms with Crippen LogP contribution in [0.3, 0.4) is 0 Å². The summed E-state index contributed by atoms with van der Waals surface area (Å²) in [6.45, 7) is 1.89. The van der Waals surface area contributed by atoms with E-state index >= 15 is 0 Å². The smallest absolute Gasteiger partial charge is 0.337 e. The number of carbonyl (C=O) groups excluding carboxylic acids is 1. The highest BCUT2D eigenvalue weighted by Crippen LogP contribution is 2.20. The predicted octanol–water partition coefficient (Wildman–Crippen LogP) is 1.45. The number of hydrogen-bond acceptors (Lipinski definition) is 7. The number of methoxy groups -OCH3 is 1. The van der Waals surface area contributed by atoms with Gasteiger partial charge in [-0.15, -0.1) is 0 Å². The molecule has 7 nitrogen and oxygen atoms in total. The van der Waals surface area contributed by atoms with E-state index in [2.05, 4.69) is 16.0 Å². The van der Waals surface area contributed by atoms with Crippen molar-refractivity contribution in [3.63, 3.8) is 0 Å². The minimum absolute atomic E-state index is 0.0345. The molecule has 27 heavy (non-hydrogen) atoms. The highest BCUT2D eigenvalue weighted by molar-refractivity contribution is 5.89. The number of nitrogens with one attached hydrogen (secondary N) is 3. The Morgan fingerprint density at radius 2 is 2.04 bits per heavy atom. The molecule has 3 N–H and O–H groups in total. The zero-order valence-corrected chi connectivity index (χ0v) is 15.7. The first kappa shape index (κ1) is 20.3. The minimum atomic E-state index is -0.360. The predicted molar refractivity (Wildman–Crippen MR) is 101 cm³/mol. The van der Waals surface area contributed by atoms with Crippen LogP contribution in [0.4, 0.5) is 0 Å². The first-order chi connectivity index (χ1) is 13.1. The van der Waals surface area contributed by atoms with Gasteiger partial charge in [0.25, 0.3) is 0 Å². The Balaban J connectivity index is 2.22. The van der Waals surface area contributed by atoms with Crippen LogP contribution in [0.15, 0.2) is 35.7 Å². The van der Waals surface area contributed by atoms with E-state index in [9.17, 15) is 15.3 Å². The maximum absolute atomic E-state index is 11.6. The van der Waals surface area contributed by atoms with E-state index in [1.807, 2.05) is 24.3 Å². The van der Waals surface area contributed by atoms with Crippen molar-refractivity contribution in [1.29, 1.82) is 10.5 Å². The molecule has 7 heteroatoms. The van der Waals surface area contributed by atoms with Gasteiger partial charge in [0.1, 0.15) is 18.0 Å². The summed E-state index contributed by atoms with van der Waals surface area (Å²) < 4.78 is 4.74. The maximum atomic E-state index is 11.6. The number of nitriles is 2. The van der Waals surface area contributed by atoms with E-state index in [0.717, 1.165) is 31.5 Å². The number of nitrogens with zero attached hydrogens (tertiary/aromatic N) is 2. The van der Waals surface area contributed by atoms with Gasteiger partial charge in [-0.05, 0) is 56.0 Å². The molecule has 1 aromatic rings. The van der Waals surface area contributed by atoms with Crippen LogP contribution in [-0.2, 0) is 11.2 Å². The Labute approximate surface area is 160 Å². The zero-order chi connectivity index (χ0) is 19.6. The van der Waals surface area contributed by atoms with E-state index in [4.69, 9.17) is 4.74 Å². The van der Waals surface area contributed by atoms with Gasteiger partial charge in [-0.2, -0.15) is 10.5 Å². The summed E-state index contributed by atoms with van der Waals surface area (Å²) in [4.78, 5) is 11.6. The van der Waals surface area contributed by atoms with E-state index < -0.39 is 0 Å². The summed E-state index contributed by atoms with van der Waals surface area (Å²) >= 11 is 0. The maximum Gasteiger partial charge on any atom is 0.337 e. The third kappa shape index (κ3) is 5.47. The summed E-state index contributed by atoms with van der Waals surface area (Å²) in [5.74, 6) is 0.448. The molecule has 1 aliphatic heterocycles. The standard InChI is InChI=1S/C20H25N5O2/c1-23-19(17(11-21)12-22)25-18(16-4-3-9-24-13-16)10-14-5-7-15(8-6-14)20(26)27-2/h5-8,16,18,23-25H,3-4,9-10,13H2,1-2H3. The third-order valence-electron chi connectivity index (χ3n) is 4.79. The van der Waals surface area contributed by atoms with Gasteiger partial charge in [-0.25, -0.2) is 4.79 Å². The quantitative estimate of drug-likeness (QED) is 0.494. The Bertz CT molecular complexity index is 736. The van der Waals surface area contributed by atoms with Crippen molar-refractivity contribution in [2.45, 2.75) is 25.3 Å². The number of allylic oxidation sites excluding steroid dienone is 1. The van der Waals surface area contributed by atoms with E-state index in [-0.39, 0.29) is 17.6 Å². The summed E-state index contributed by atoms with van der Waals surface area (Å²) in [7, 11) is 3.05. The molecule has 0 bridgehead atoms. The summed E-state index contributed by atoms with van der Waals surface area (Å²) in [6, 6.07) is 11.2. The average molecular weight is 367 g/mol. The second kappa shape index (κ2) is 10.2. The third-order valence-corrected chi connectivity index (χ3v) is 4.79. The van der Waals surface area contributed by atoms with E-state index in [1.165, 1.54) is 7.11 Å². The summed E-state index contributed by atoms with van der Waals surface area (Å²) in [5, 5.41) is 28.1. The van der Waals surface area contributed by atoms with Crippen LogP contribution in [0.2, 0.25) is 0 Å². The van der Waals surface area contributed by atoms with Crippen LogP contribution in [0.25, 0.3) is 0 Å². The van der Waals surface area contributed by atoms with Crippen molar-refractivity contribution in [1.82, 2.24) is 16.0 Å². The normalized spacial score (nSPS) is 17.0. The molecule has 2 unspecified atom stereocenters. The second-order valence-corrected chi connectivity index (χ2v) is 6.47. The van der Waals surface area contributed by atoms with Gasteiger partial charge in [-0.3, -0.25) is 0 Å². The number of hydrogen-bond donors (Lipinski definition) is 3.